The van der Waals surface area contributed by atoms with E-state index in [1.807, 2.05) is 0 Å². The van der Waals surface area contributed by atoms with Crippen LogP contribution in [0.25, 0.3) is 0 Å². The van der Waals surface area contributed by atoms with Gasteiger partial charge in [-0.15, -0.1) is 0 Å². The molecule has 1 rings (SSSR count). The Morgan fingerprint density at radius 3 is 2.33 bits per heavy atom. The molecule has 98 valence electrons. The molecule has 2 N–H and O–H groups in total. The van der Waals surface area contributed by atoms with Crippen molar-refractivity contribution in [2.24, 2.45) is 10.7 Å². The molecule has 0 spiro atoms. The highest BCUT2D eigenvalue weighted by Gasteiger charge is 2.02. The van der Waals surface area contributed by atoms with Gasteiger partial charge >= 0.3 is 0 Å². The number of allylic oxidation sites excluding steroid dienone is 1. The molecular weight excluding hydrogens is 252 g/mol. The molecule has 0 aliphatic rings. The van der Waals surface area contributed by atoms with Gasteiger partial charge in [-0.3, -0.25) is 4.99 Å². The molecule has 0 unspecified atom stereocenters. The average Bonchev–Trinajstić information content (AvgIpc) is 2.27. The van der Waals surface area contributed by atoms with Gasteiger partial charge in [-0.1, -0.05) is 0 Å². The van der Waals surface area contributed by atoms with Crippen molar-refractivity contribution in [1.29, 1.82) is 0 Å². The maximum Gasteiger partial charge on any atom is 0.170 e. The molecule has 0 bridgehead atoms. The molecule has 0 heterocycles. The van der Waals surface area contributed by atoms with E-state index in [-0.39, 0.29) is 5.70 Å². The lowest BCUT2D eigenvalue weighted by Gasteiger charge is -2.02. The number of ether oxygens (including phenoxy) is 1. The van der Waals surface area contributed by atoms with Gasteiger partial charge in [0.25, 0.3) is 0 Å². The summed E-state index contributed by atoms with van der Waals surface area (Å²) in [7, 11) is -1.68. The number of nitrogens with two attached hydrogens (primary N) is 1. The van der Waals surface area contributed by atoms with Crippen molar-refractivity contribution >= 4 is 21.2 Å². The first-order valence-corrected chi connectivity index (χ1v) is 7.14. The third kappa shape index (κ3) is 4.58. The standard InChI is InChI=1S/C12H16N2O3S/c1-9(12(13)8-18(3,15)16)14-10-4-6-11(17-2)7-5-10/h4-8H,13H2,1-3H3/b12-8-,14-9?. The number of benzene rings is 1. The predicted molar refractivity (Wildman–Crippen MR) is 72.9 cm³/mol. The number of nitrogens with zero attached hydrogens (tertiary/aromatic N) is 1. The van der Waals surface area contributed by atoms with Crippen molar-refractivity contribution < 1.29 is 13.2 Å². The van der Waals surface area contributed by atoms with Crippen molar-refractivity contribution in [3.8, 4) is 5.75 Å². The van der Waals surface area contributed by atoms with Gasteiger partial charge in [0.2, 0.25) is 0 Å². The van der Waals surface area contributed by atoms with Crippen molar-refractivity contribution in [1.82, 2.24) is 0 Å². The van der Waals surface area contributed by atoms with Crippen LogP contribution in [-0.4, -0.2) is 27.5 Å². The number of hydrogen-bond acceptors (Lipinski definition) is 5. The van der Waals surface area contributed by atoms with E-state index in [0.29, 0.717) is 11.4 Å². The second-order valence-electron chi connectivity index (χ2n) is 3.80. The lowest BCUT2D eigenvalue weighted by atomic mass is 10.3. The van der Waals surface area contributed by atoms with E-state index >= 15 is 0 Å². The van der Waals surface area contributed by atoms with Crippen molar-refractivity contribution in [2.75, 3.05) is 13.4 Å². The lowest BCUT2D eigenvalue weighted by Crippen LogP contribution is -2.10. The van der Waals surface area contributed by atoms with Gasteiger partial charge in [0.15, 0.2) is 9.84 Å². The largest absolute Gasteiger partial charge is 0.497 e. The predicted octanol–water partition coefficient (Wildman–Crippen LogP) is 1.63. The zero-order valence-corrected chi connectivity index (χ0v) is 11.4. The SMILES string of the molecule is COc1ccc(N=C(C)/C(N)=C/S(C)(=O)=O)cc1. The molecule has 1 aromatic carbocycles. The zero-order chi connectivity index (χ0) is 13.8. The Labute approximate surface area is 107 Å². The summed E-state index contributed by atoms with van der Waals surface area (Å²) >= 11 is 0. The average molecular weight is 268 g/mol. The van der Waals surface area contributed by atoms with Gasteiger partial charge in [-0.05, 0) is 31.2 Å². The third-order valence-corrected chi connectivity index (χ3v) is 2.81. The Morgan fingerprint density at radius 1 is 1.33 bits per heavy atom. The van der Waals surface area contributed by atoms with E-state index < -0.39 is 9.84 Å². The molecule has 0 atom stereocenters. The summed E-state index contributed by atoms with van der Waals surface area (Å²) in [4.78, 5) is 4.22. The van der Waals surface area contributed by atoms with Crippen LogP contribution in [0.1, 0.15) is 6.92 Å². The van der Waals surface area contributed by atoms with Crippen LogP contribution < -0.4 is 10.5 Å². The number of methoxy groups -OCH3 is 1. The summed E-state index contributed by atoms with van der Waals surface area (Å²) in [6.45, 7) is 1.65. The van der Waals surface area contributed by atoms with Crippen LogP contribution >= 0.6 is 0 Å². The molecule has 0 saturated heterocycles. The summed E-state index contributed by atoms with van der Waals surface area (Å²) in [6.07, 6.45) is 1.08. The minimum absolute atomic E-state index is 0.133. The Balaban J connectivity index is 2.98. The highest BCUT2D eigenvalue weighted by molar-refractivity contribution is 7.93. The fourth-order valence-electron chi connectivity index (χ4n) is 1.23. The van der Waals surface area contributed by atoms with E-state index in [4.69, 9.17) is 10.5 Å². The molecule has 0 amide bonds. The summed E-state index contributed by atoms with van der Waals surface area (Å²) in [5.41, 5.74) is 6.89. The van der Waals surface area contributed by atoms with Crippen LogP contribution in [0.5, 0.6) is 5.75 Å². The smallest absolute Gasteiger partial charge is 0.170 e. The molecule has 6 heteroatoms. The summed E-state index contributed by atoms with van der Waals surface area (Å²) < 4.78 is 27.1. The summed E-state index contributed by atoms with van der Waals surface area (Å²) in [6, 6.07) is 7.05. The van der Waals surface area contributed by atoms with E-state index in [1.54, 1.807) is 38.3 Å². The first-order valence-electron chi connectivity index (χ1n) is 5.19. The highest BCUT2D eigenvalue weighted by Crippen LogP contribution is 2.18. The van der Waals surface area contributed by atoms with Gasteiger partial charge in [0.05, 0.1) is 29.6 Å². The van der Waals surface area contributed by atoms with E-state index in [2.05, 4.69) is 4.99 Å². The zero-order valence-electron chi connectivity index (χ0n) is 10.5. The molecule has 0 saturated carbocycles. The monoisotopic (exact) mass is 268 g/mol. The normalized spacial score (nSPS) is 13.5. The van der Waals surface area contributed by atoms with Crippen molar-refractivity contribution in [2.45, 2.75) is 6.92 Å². The molecule has 0 fully saturated rings. The lowest BCUT2D eigenvalue weighted by molar-refractivity contribution is 0.415. The molecule has 0 aromatic heterocycles. The highest BCUT2D eigenvalue weighted by atomic mass is 32.2. The minimum atomic E-state index is -3.26. The summed E-state index contributed by atoms with van der Waals surface area (Å²) in [5.74, 6) is 0.728. The van der Waals surface area contributed by atoms with Crippen LogP contribution in [0.3, 0.4) is 0 Å². The quantitative estimate of drug-likeness (QED) is 0.841. The molecule has 1 aromatic rings. The van der Waals surface area contributed by atoms with Crippen LogP contribution in [0.2, 0.25) is 0 Å². The number of aliphatic imine (C=N–C) groups is 1. The Bertz CT molecular complexity index is 572. The number of hydrogen-bond donors (Lipinski definition) is 1. The topological polar surface area (TPSA) is 81.8 Å². The maximum absolute atomic E-state index is 11.1. The Morgan fingerprint density at radius 2 is 1.89 bits per heavy atom. The Hall–Kier alpha value is -1.82. The molecule has 0 aliphatic heterocycles. The Kier molecular flexibility index (Phi) is 4.49. The minimum Gasteiger partial charge on any atom is -0.497 e. The van der Waals surface area contributed by atoms with E-state index in [0.717, 1.165) is 17.4 Å². The van der Waals surface area contributed by atoms with E-state index in [1.165, 1.54) is 0 Å². The van der Waals surface area contributed by atoms with Crippen LogP contribution in [0, 0.1) is 0 Å². The van der Waals surface area contributed by atoms with Crippen molar-refractivity contribution in [3.63, 3.8) is 0 Å². The number of rotatable bonds is 4. The number of sulfone groups is 1. The fraction of sp³-hybridized carbons (Fsp3) is 0.250. The molecule has 5 nitrogen and oxygen atoms in total. The molecule has 18 heavy (non-hydrogen) atoms. The molecular formula is C12H16N2O3S. The van der Waals surface area contributed by atoms with E-state index in [9.17, 15) is 8.42 Å². The fourth-order valence-corrected chi connectivity index (χ4v) is 1.86. The maximum atomic E-state index is 11.1. The molecule has 0 aliphatic carbocycles. The van der Waals surface area contributed by atoms with Gasteiger partial charge < -0.3 is 10.5 Å². The van der Waals surface area contributed by atoms with Gasteiger partial charge in [0, 0.05) is 6.26 Å². The first kappa shape index (κ1) is 14.2. The second-order valence-corrected chi connectivity index (χ2v) is 5.69. The van der Waals surface area contributed by atoms with Gasteiger partial charge in [0.1, 0.15) is 5.75 Å². The van der Waals surface area contributed by atoms with Crippen LogP contribution in [-0.2, 0) is 9.84 Å². The molecule has 0 radical (unpaired) electrons. The van der Waals surface area contributed by atoms with Gasteiger partial charge in [-0.25, -0.2) is 8.42 Å². The van der Waals surface area contributed by atoms with Gasteiger partial charge in [-0.2, -0.15) is 0 Å². The summed E-state index contributed by atoms with van der Waals surface area (Å²) in [5, 5.41) is 0.995. The third-order valence-electron chi connectivity index (χ3n) is 2.13. The van der Waals surface area contributed by atoms with Crippen molar-refractivity contribution in [3.05, 3.63) is 35.4 Å². The van der Waals surface area contributed by atoms with Crippen LogP contribution in [0.15, 0.2) is 40.4 Å². The van der Waals surface area contributed by atoms with Crippen LogP contribution in [0.4, 0.5) is 5.69 Å². The second kappa shape index (κ2) is 5.68. The first-order chi connectivity index (χ1) is 8.31.